The third-order valence-electron chi connectivity index (χ3n) is 3.77. The third-order valence-corrected chi connectivity index (χ3v) is 3.77. The van der Waals surface area contributed by atoms with Gasteiger partial charge in [-0.05, 0) is 37.8 Å². The standard InChI is InChI=1S/C16H23N3O2/c1-3-10-17-16(21)18-15(20)11-19-12(2)8-9-13-6-4-5-7-14(13)19/h4-7,12H,3,8-11H2,1-2H3,(H2,17,18,20,21)/t12-/m1/s1. The van der Waals surface area contributed by atoms with Crippen LogP contribution in [0.2, 0.25) is 0 Å². The number of para-hydroxylation sites is 1. The number of nitrogens with one attached hydrogen (secondary N) is 2. The van der Waals surface area contributed by atoms with Crippen molar-refractivity contribution in [1.29, 1.82) is 0 Å². The Balaban J connectivity index is 1.98. The number of hydrogen-bond acceptors (Lipinski definition) is 3. The van der Waals surface area contributed by atoms with E-state index >= 15 is 0 Å². The zero-order valence-electron chi connectivity index (χ0n) is 12.7. The lowest BCUT2D eigenvalue weighted by Crippen LogP contribution is -2.48. The van der Waals surface area contributed by atoms with Gasteiger partial charge in [-0.2, -0.15) is 0 Å². The van der Waals surface area contributed by atoms with Crippen molar-refractivity contribution in [1.82, 2.24) is 10.6 Å². The molecule has 1 atom stereocenters. The molecule has 0 aromatic heterocycles. The van der Waals surface area contributed by atoms with Gasteiger partial charge in [-0.3, -0.25) is 10.1 Å². The van der Waals surface area contributed by atoms with Crippen molar-refractivity contribution in [2.24, 2.45) is 0 Å². The summed E-state index contributed by atoms with van der Waals surface area (Å²) in [5, 5.41) is 5.02. The van der Waals surface area contributed by atoms with E-state index in [2.05, 4.69) is 28.5 Å². The molecule has 21 heavy (non-hydrogen) atoms. The summed E-state index contributed by atoms with van der Waals surface area (Å²) in [5.41, 5.74) is 2.36. The quantitative estimate of drug-likeness (QED) is 0.892. The Morgan fingerprint density at radius 3 is 2.86 bits per heavy atom. The summed E-state index contributed by atoms with van der Waals surface area (Å²) in [6.07, 6.45) is 2.90. The fourth-order valence-electron chi connectivity index (χ4n) is 2.60. The molecule has 0 saturated carbocycles. The van der Waals surface area contributed by atoms with Gasteiger partial charge in [0, 0.05) is 18.3 Å². The Hall–Kier alpha value is -2.04. The molecule has 0 aliphatic carbocycles. The van der Waals surface area contributed by atoms with Crippen molar-refractivity contribution in [3.05, 3.63) is 29.8 Å². The Kier molecular flexibility index (Phi) is 5.20. The lowest BCUT2D eigenvalue weighted by molar-refractivity contribution is -0.118. The molecule has 0 saturated heterocycles. The van der Waals surface area contributed by atoms with Crippen molar-refractivity contribution in [3.63, 3.8) is 0 Å². The van der Waals surface area contributed by atoms with Crippen LogP contribution in [0.5, 0.6) is 0 Å². The molecule has 0 spiro atoms. The molecule has 3 amide bonds. The minimum atomic E-state index is -0.417. The van der Waals surface area contributed by atoms with Crippen molar-refractivity contribution < 1.29 is 9.59 Å². The molecular weight excluding hydrogens is 266 g/mol. The summed E-state index contributed by atoms with van der Waals surface area (Å²) in [7, 11) is 0. The van der Waals surface area contributed by atoms with Gasteiger partial charge in [0.1, 0.15) is 0 Å². The first-order valence-corrected chi connectivity index (χ1v) is 7.54. The van der Waals surface area contributed by atoms with Crippen LogP contribution in [-0.4, -0.2) is 31.1 Å². The Bertz CT molecular complexity index is 516. The second-order valence-corrected chi connectivity index (χ2v) is 5.45. The lowest BCUT2D eigenvalue weighted by atomic mass is 9.97. The smallest absolute Gasteiger partial charge is 0.321 e. The number of nitrogens with zero attached hydrogens (tertiary/aromatic N) is 1. The molecule has 1 aromatic rings. The second kappa shape index (κ2) is 7.11. The molecule has 114 valence electrons. The van der Waals surface area contributed by atoms with E-state index in [0.29, 0.717) is 12.6 Å². The molecule has 0 unspecified atom stereocenters. The largest absolute Gasteiger partial charge is 0.359 e. The van der Waals surface area contributed by atoms with Gasteiger partial charge in [0.25, 0.3) is 0 Å². The molecular formula is C16H23N3O2. The first-order valence-electron chi connectivity index (χ1n) is 7.54. The maximum absolute atomic E-state index is 12.0. The number of benzene rings is 1. The zero-order valence-corrected chi connectivity index (χ0v) is 12.7. The second-order valence-electron chi connectivity index (χ2n) is 5.45. The van der Waals surface area contributed by atoms with Crippen LogP contribution in [0.25, 0.3) is 0 Å². The van der Waals surface area contributed by atoms with Gasteiger partial charge >= 0.3 is 6.03 Å². The van der Waals surface area contributed by atoms with E-state index in [-0.39, 0.29) is 12.5 Å². The predicted octanol–water partition coefficient (Wildman–Crippen LogP) is 2.06. The number of amides is 3. The minimum absolute atomic E-state index is 0.206. The molecule has 1 aromatic carbocycles. The first kappa shape index (κ1) is 15.4. The molecule has 1 aliphatic rings. The molecule has 0 bridgehead atoms. The van der Waals surface area contributed by atoms with E-state index in [9.17, 15) is 9.59 Å². The topological polar surface area (TPSA) is 61.4 Å². The maximum atomic E-state index is 12.0. The maximum Gasteiger partial charge on any atom is 0.321 e. The van der Waals surface area contributed by atoms with E-state index < -0.39 is 6.03 Å². The summed E-state index contributed by atoms with van der Waals surface area (Å²) >= 11 is 0. The van der Waals surface area contributed by atoms with Crippen molar-refractivity contribution in [3.8, 4) is 0 Å². The number of rotatable bonds is 4. The van der Waals surface area contributed by atoms with Crippen LogP contribution in [-0.2, 0) is 11.2 Å². The summed E-state index contributed by atoms with van der Waals surface area (Å²) in [6.45, 7) is 4.86. The molecule has 2 N–H and O–H groups in total. The molecule has 1 heterocycles. The van der Waals surface area contributed by atoms with Crippen LogP contribution >= 0.6 is 0 Å². The summed E-state index contributed by atoms with van der Waals surface area (Å²) < 4.78 is 0. The van der Waals surface area contributed by atoms with Crippen LogP contribution < -0.4 is 15.5 Å². The van der Waals surface area contributed by atoms with Crippen LogP contribution in [0.4, 0.5) is 10.5 Å². The summed E-state index contributed by atoms with van der Waals surface area (Å²) in [5.74, 6) is -0.271. The lowest BCUT2D eigenvalue weighted by Gasteiger charge is -2.36. The number of urea groups is 1. The Morgan fingerprint density at radius 1 is 1.33 bits per heavy atom. The number of hydrogen-bond donors (Lipinski definition) is 2. The highest BCUT2D eigenvalue weighted by molar-refractivity contribution is 5.96. The Morgan fingerprint density at radius 2 is 2.10 bits per heavy atom. The van der Waals surface area contributed by atoms with Gasteiger partial charge in [0.15, 0.2) is 0 Å². The molecule has 2 rings (SSSR count). The number of fused-ring (bicyclic) bond motifs is 1. The van der Waals surface area contributed by atoms with Gasteiger partial charge in [-0.25, -0.2) is 4.79 Å². The number of aryl methyl sites for hydroxylation is 1. The SMILES string of the molecule is CCCNC(=O)NC(=O)CN1c2ccccc2CC[C@H]1C. The number of carbonyl (C=O) groups excluding carboxylic acids is 2. The fraction of sp³-hybridized carbons (Fsp3) is 0.500. The van der Waals surface area contributed by atoms with Gasteiger partial charge in [0.2, 0.25) is 5.91 Å². The van der Waals surface area contributed by atoms with Crippen molar-refractivity contribution >= 4 is 17.6 Å². The Labute approximate surface area is 125 Å². The van der Waals surface area contributed by atoms with Gasteiger partial charge < -0.3 is 10.2 Å². The zero-order chi connectivity index (χ0) is 15.2. The molecule has 1 aliphatic heterocycles. The molecule has 5 heteroatoms. The normalized spacial score (nSPS) is 17.0. The highest BCUT2D eigenvalue weighted by atomic mass is 16.2. The molecule has 0 radical (unpaired) electrons. The van der Waals surface area contributed by atoms with Crippen LogP contribution in [0, 0.1) is 0 Å². The first-order chi connectivity index (χ1) is 10.1. The average Bonchev–Trinajstić information content (AvgIpc) is 2.48. The highest BCUT2D eigenvalue weighted by Gasteiger charge is 2.24. The monoisotopic (exact) mass is 289 g/mol. The third kappa shape index (κ3) is 3.97. The van der Waals surface area contributed by atoms with Crippen molar-refractivity contribution in [2.45, 2.75) is 39.2 Å². The van der Waals surface area contributed by atoms with Crippen LogP contribution in [0.15, 0.2) is 24.3 Å². The van der Waals surface area contributed by atoms with Gasteiger partial charge in [0.05, 0.1) is 6.54 Å². The van der Waals surface area contributed by atoms with Crippen LogP contribution in [0.1, 0.15) is 32.3 Å². The van der Waals surface area contributed by atoms with E-state index in [1.807, 2.05) is 25.1 Å². The van der Waals surface area contributed by atoms with E-state index in [1.165, 1.54) is 5.56 Å². The number of carbonyl (C=O) groups is 2. The summed E-state index contributed by atoms with van der Waals surface area (Å²) in [6, 6.07) is 8.01. The summed E-state index contributed by atoms with van der Waals surface area (Å²) in [4.78, 5) is 25.6. The average molecular weight is 289 g/mol. The molecule has 0 fully saturated rings. The number of imide groups is 1. The van der Waals surface area contributed by atoms with E-state index in [4.69, 9.17) is 0 Å². The van der Waals surface area contributed by atoms with Gasteiger partial charge in [-0.15, -0.1) is 0 Å². The fourth-order valence-corrected chi connectivity index (χ4v) is 2.60. The number of anilines is 1. The minimum Gasteiger partial charge on any atom is -0.359 e. The van der Waals surface area contributed by atoms with Gasteiger partial charge in [-0.1, -0.05) is 25.1 Å². The van der Waals surface area contributed by atoms with E-state index in [0.717, 1.165) is 24.9 Å². The van der Waals surface area contributed by atoms with E-state index in [1.54, 1.807) is 0 Å². The van der Waals surface area contributed by atoms with Crippen molar-refractivity contribution in [2.75, 3.05) is 18.0 Å². The highest BCUT2D eigenvalue weighted by Crippen LogP contribution is 2.29. The predicted molar refractivity (Wildman–Crippen MR) is 83.4 cm³/mol. The molecule has 5 nitrogen and oxygen atoms in total. The van der Waals surface area contributed by atoms with Crippen LogP contribution in [0.3, 0.4) is 0 Å².